The van der Waals surface area contributed by atoms with Crippen LogP contribution in [0.4, 0.5) is 0 Å². The van der Waals surface area contributed by atoms with Crippen molar-refractivity contribution in [2.24, 2.45) is 5.92 Å². The lowest BCUT2D eigenvalue weighted by atomic mass is 10.1. The standard InChI is InChI=1S/C13H18NO4S/c15-12-6-11(13(16)7-12)8-14-19(17,18)9-10-4-2-1-3-5-10/h1-6,11-16H,7-9H2. The normalized spacial score (nSPS) is 27.6. The third kappa shape index (κ3) is 4.28. The van der Waals surface area contributed by atoms with Crippen molar-refractivity contribution < 1.29 is 18.6 Å². The van der Waals surface area contributed by atoms with Crippen LogP contribution in [-0.4, -0.2) is 37.4 Å². The largest absolute Gasteiger partial charge is 0.393 e. The Kier molecular flexibility index (Phi) is 4.57. The smallest absolute Gasteiger partial charge is 0.215 e. The summed E-state index contributed by atoms with van der Waals surface area (Å²) in [7, 11) is -3.43. The lowest BCUT2D eigenvalue weighted by Gasteiger charge is -2.14. The number of aliphatic hydroxyl groups excluding tert-OH is 2. The summed E-state index contributed by atoms with van der Waals surface area (Å²) in [5.41, 5.74) is 0.714. The molecule has 0 aliphatic heterocycles. The molecule has 6 heteroatoms. The Bertz CT molecular complexity index is 503. The van der Waals surface area contributed by atoms with Gasteiger partial charge in [-0.05, 0) is 18.4 Å². The van der Waals surface area contributed by atoms with Crippen molar-refractivity contribution in [3.63, 3.8) is 0 Å². The molecule has 1 saturated carbocycles. The van der Waals surface area contributed by atoms with Gasteiger partial charge in [-0.2, -0.15) is 0 Å². The van der Waals surface area contributed by atoms with Gasteiger partial charge < -0.3 is 10.2 Å². The van der Waals surface area contributed by atoms with Crippen LogP contribution in [0.1, 0.15) is 12.0 Å². The van der Waals surface area contributed by atoms with Crippen molar-refractivity contribution in [2.75, 3.05) is 6.54 Å². The fourth-order valence-electron chi connectivity index (χ4n) is 2.19. The van der Waals surface area contributed by atoms with Crippen molar-refractivity contribution in [1.29, 1.82) is 0 Å². The van der Waals surface area contributed by atoms with Crippen molar-refractivity contribution in [3.05, 3.63) is 42.3 Å². The molecule has 1 radical (unpaired) electrons. The van der Waals surface area contributed by atoms with Gasteiger partial charge in [-0.3, -0.25) is 0 Å². The Morgan fingerprint density at radius 1 is 1.21 bits per heavy atom. The summed E-state index contributed by atoms with van der Waals surface area (Å²) in [6.45, 7) is 0.118. The van der Waals surface area contributed by atoms with Gasteiger partial charge in [-0.1, -0.05) is 30.3 Å². The zero-order valence-electron chi connectivity index (χ0n) is 10.4. The number of benzene rings is 1. The number of aliphatic hydroxyl groups is 2. The Morgan fingerprint density at radius 2 is 1.89 bits per heavy atom. The summed E-state index contributed by atoms with van der Waals surface area (Å²) in [5.74, 6) is -0.417. The SMILES string of the molecule is O=S(=O)(Cc1ccccc1)NCC1[CH]C(O)CC1O. The van der Waals surface area contributed by atoms with Crippen LogP contribution >= 0.6 is 0 Å². The highest BCUT2D eigenvalue weighted by atomic mass is 32.2. The van der Waals surface area contributed by atoms with Crippen LogP contribution in [0, 0.1) is 12.3 Å². The molecule has 3 unspecified atom stereocenters. The Hall–Kier alpha value is -0.950. The van der Waals surface area contributed by atoms with E-state index in [0.29, 0.717) is 5.56 Å². The van der Waals surface area contributed by atoms with E-state index in [-0.39, 0.29) is 24.6 Å². The fraction of sp³-hybridized carbons (Fsp3) is 0.462. The minimum atomic E-state index is -3.43. The van der Waals surface area contributed by atoms with Gasteiger partial charge in [0.25, 0.3) is 0 Å². The number of hydrogen-bond acceptors (Lipinski definition) is 4. The average Bonchev–Trinajstić information content (AvgIpc) is 2.66. The predicted octanol–water partition coefficient (Wildman–Crippen LogP) is 0.0520. The first-order chi connectivity index (χ1) is 8.96. The highest BCUT2D eigenvalue weighted by molar-refractivity contribution is 7.88. The third-order valence-corrected chi connectivity index (χ3v) is 4.50. The van der Waals surface area contributed by atoms with Crippen LogP contribution in [0.5, 0.6) is 0 Å². The number of sulfonamides is 1. The van der Waals surface area contributed by atoms with E-state index in [9.17, 15) is 18.6 Å². The molecule has 0 amide bonds. The maximum atomic E-state index is 11.9. The number of rotatable bonds is 5. The van der Waals surface area contributed by atoms with Crippen molar-refractivity contribution >= 4 is 10.0 Å². The molecule has 0 spiro atoms. The van der Waals surface area contributed by atoms with Crippen LogP contribution < -0.4 is 4.72 Å². The summed E-state index contributed by atoms with van der Waals surface area (Å²) in [5, 5.41) is 19.0. The Morgan fingerprint density at radius 3 is 2.47 bits per heavy atom. The summed E-state index contributed by atoms with van der Waals surface area (Å²) in [4.78, 5) is 0. The van der Waals surface area contributed by atoms with E-state index >= 15 is 0 Å². The molecule has 1 aliphatic carbocycles. The highest BCUT2D eigenvalue weighted by Gasteiger charge is 2.32. The third-order valence-electron chi connectivity index (χ3n) is 3.19. The minimum absolute atomic E-state index is 0.0841. The molecule has 3 N–H and O–H groups in total. The molecule has 0 saturated heterocycles. The van der Waals surface area contributed by atoms with Crippen molar-refractivity contribution in [3.8, 4) is 0 Å². The Labute approximate surface area is 113 Å². The molecular weight excluding hydrogens is 266 g/mol. The van der Waals surface area contributed by atoms with Gasteiger partial charge in [0.15, 0.2) is 0 Å². The average molecular weight is 284 g/mol. The summed E-state index contributed by atoms with van der Waals surface area (Å²) >= 11 is 0. The molecule has 5 nitrogen and oxygen atoms in total. The molecule has 1 fully saturated rings. The van der Waals surface area contributed by atoms with Gasteiger partial charge in [0.1, 0.15) is 0 Å². The molecule has 1 aliphatic rings. The van der Waals surface area contributed by atoms with Gasteiger partial charge in [0, 0.05) is 12.5 Å². The maximum absolute atomic E-state index is 11.9. The zero-order valence-corrected chi connectivity index (χ0v) is 11.3. The van der Waals surface area contributed by atoms with E-state index in [1.165, 1.54) is 0 Å². The van der Waals surface area contributed by atoms with Crippen LogP contribution in [0.25, 0.3) is 0 Å². The van der Waals surface area contributed by atoms with Crippen LogP contribution in [0.2, 0.25) is 0 Å². The second kappa shape index (κ2) is 6.00. The molecule has 1 aromatic carbocycles. The molecule has 2 rings (SSSR count). The highest BCUT2D eigenvalue weighted by Crippen LogP contribution is 2.24. The molecule has 0 aromatic heterocycles. The van der Waals surface area contributed by atoms with Crippen LogP contribution in [0.15, 0.2) is 30.3 Å². The molecule has 19 heavy (non-hydrogen) atoms. The van der Waals surface area contributed by atoms with Gasteiger partial charge in [-0.15, -0.1) is 0 Å². The monoisotopic (exact) mass is 284 g/mol. The van der Waals surface area contributed by atoms with E-state index in [1.807, 2.05) is 6.07 Å². The zero-order chi connectivity index (χ0) is 13.9. The molecule has 3 atom stereocenters. The number of hydrogen-bond donors (Lipinski definition) is 3. The van der Waals surface area contributed by atoms with Gasteiger partial charge in [0.05, 0.1) is 18.0 Å². The molecule has 105 valence electrons. The summed E-state index contributed by atoms with van der Waals surface area (Å²) in [6.07, 6.45) is 0.508. The summed E-state index contributed by atoms with van der Waals surface area (Å²) in [6, 6.07) is 8.90. The van der Waals surface area contributed by atoms with E-state index in [2.05, 4.69) is 4.72 Å². The van der Waals surface area contributed by atoms with Gasteiger partial charge >= 0.3 is 0 Å². The van der Waals surface area contributed by atoms with Crippen LogP contribution in [0.3, 0.4) is 0 Å². The molecule has 0 bridgehead atoms. The van der Waals surface area contributed by atoms with Crippen LogP contribution in [-0.2, 0) is 15.8 Å². The summed E-state index contributed by atoms with van der Waals surface area (Å²) < 4.78 is 26.2. The first-order valence-corrected chi connectivity index (χ1v) is 7.84. The van der Waals surface area contributed by atoms with E-state index in [1.54, 1.807) is 30.7 Å². The maximum Gasteiger partial charge on any atom is 0.215 e. The lowest BCUT2D eigenvalue weighted by molar-refractivity contribution is 0.121. The topological polar surface area (TPSA) is 86.6 Å². The number of nitrogens with one attached hydrogen (secondary N) is 1. The molecule has 1 aromatic rings. The fourth-order valence-corrected chi connectivity index (χ4v) is 3.37. The minimum Gasteiger partial charge on any atom is -0.393 e. The first-order valence-electron chi connectivity index (χ1n) is 6.19. The molecular formula is C13H18NO4S. The lowest BCUT2D eigenvalue weighted by Crippen LogP contribution is -2.33. The second-order valence-corrected chi connectivity index (χ2v) is 6.63. The first kappa shape index (κ1) is 14.5. The van der Waals surface area contributed by atoms with Gasteiger partial charge in [-0.25, -0.2) is 13.1 Å². The van der Waals surface area contributed by atoms with E-state index in [4.69, 9.17) is 0 Å². The van der Waals surface area contributed by atoms with E-state index < -0.39 is 22.2 Å². The molecule has 0 heterocycles. The van der Waals surface area contributed by atoms with Gasteiger partial charge in [0.2, 0.25) is 10.0 Å². The van der Waals surface area contributed by atoms with E-state index in [0.717, 1.165) is 0 Å². The Balaban J connectivity index is 1.88. The van der Waals surface area contributed by atoms with Crippen molar-refractivity contribution in [2.45, 2.75) is 24.4 Å². The predicted molar refractivity (Wildman–Crippen MR) is 71.5 cm³/mol. The van der Waals surface area contributed by atoms with Crippen molar-refractivity contribution in [1.82, 2.24) is 4.72 Å². The quantitative estimate of drug-likeness (QED) is 0.713. The second-order valence-electron chi connectivity index (χ2n) is 4.82.